The van der Waals surface area contributed by atoms with Crippen molar-refractivity contribution in [3.8, 4) is 5.75 Å². The summed E-state index contributed by atoms with van der Waals surface area (Å²) in [6, 6.07) is 13.9. The van der Waals surface area contributed by atoms with Crippen molar-refractivity contribution in [3.05, 3.63) is 65.2 Å². The number of rotatable bonds is 7. The quantitative estimate of drug-likeness (QED) is 0.638. The number of hydrogen-bond acceptors (Lipinski definition) is 4. The van der Waals surface area contributed by atoms with Crippen LogP contribution in [0.1, 0.15) is 34.8 Å². The van der Waals surface area contributed by atoms with E-state index in [1.165, 1.54) is 0 Å². The van der Waals surface area contributed by atoms with Crippen molar-refractivity contribution in [3.63, 3.8) is 0 Å². The first-order valence-corrected chi connectivity index (χ1v) is 8.99. The summed E-state index contributed by atoms with van der Waals surface area (Å²) in [4.78, 5) is 35.8. The Balaban J connectivity index is 1.68. The van der Waals surface area contributed by atoms with Crippen molar-refractivity contribution in [2.45, 2.75) is 33.2 Å². The molecule has 0 aliphatic carbocycles. The van der Waals surface area contributed by atoms with Crippen LogP contribution >= 0.6 is 0 Å². The maximum absolute atomic E-state index is 12.0. The molecule has 0 bridgehead atoms. The lowest BCUT2D eigenvalue weighted by molar-refractivity contribution is -0.130. The second-order valence-corrected chi connectivity index (χ2v) is 6.58. The molecule has 2 aromatic rings. The highest BCUT2D eigenvalue weighted by Crippen LogP contribution is 2.16. The Kier molecular flexibility index (Phi) is 7.56. The molecular weight excluding hydrogens is 358 g/mol. The van der Waals surface area contributed by atoms with Gasteiger partial charge in [-0.05, 0) is 56.2 Å². The molecule has 2 rings (SSSR count). The first-order chi connectivity index (χ1) is 13.3. The van der Waals surface area contributed by atoms with Crippen LogP contribution in [0, 0.1) is 13.8 Å². The minimum atomic E-state index is -0.479. The third-order valence-electron chi connectivity index (χ3n) is 4.09. The molecule has 7 nitrogen and oxygen atoms in total. The number of hydrazine groups is 1. The van der Waals surface area contributed by atoms with Crippen LogP contribution < -0.4 is 20.9 Å². The molecule has 0 radical (unpaired) electrons. The number of benzene rings is 2. The summed E-state index contributed by atoms with van der Waals surface area (Å²) in [6.07, 6.45) is 0.0247. The molecule has 28 heavy (non-hydrogen) atoms. The van der Waals surface area contributed by atoms with E-state index in [4.69, 9.17) is 4.74 Å². The summed E-state index contributed by atoms with van der Waals surface area (Å²) in [6.45, 7) is 5.44. The molecule has 0 heterocycles. The van der Waals surface area contributed by atoms with Gasteiger partial charge in [-0.3, -0.25) is 25.2 Å². The summed E-state index contributed by atoms with van der Waals surface area (Å²) >= 11 is 0. The second kappa shape index (κ2) is 10.1. The first-order valence-electron chi connectivity index (χ1n) is 8.99. The van der Waals surface area contributed by atoms with Gasteiger partial charge in [0.05, 0.1) is 0 Å². The third kappa shape index (κ3) is 6.75. The zero-order valence-electron chi connectivity index (χ0n) is 16.2. The van der Waals surface area contributed by atoms with Gasteiger partial charge in [0.1, 0.15) is 5.75 Å². The van der Waals surface area contributed by atoms with Crippen molar-refractivity contribution in [2.75, 3.05) is 6.61 Å². The lowest BCUT2D eigenvalue weighted by Gasteiger charge is -2.14. The summed E-state index contributed by atoms with van der Waals surface area (Å²) in [5, 5.41) is 2.73. The lowest BCUT2D eigenvalue weighted by atomic mass is 10.1. The molecule has 0 spiro atoms. The molecule has 2 aromatic carbocycles. The van der Waals surface area contributed by atoms with Crippen LogP contribution in [0.4, 0.5) is 0 Å². The van der Waals surface area contributed by atoms with Crippen LogP contribution in [0.25, 0.3) is 0 Å². The maximum Gasteiger partial charge on any atom is 0.276 e. The Morgan fingerprint density at radius 3 is 2.29 bits per heavy atom. The number of nitrogens with one attached hydrogen (secondary N) is 3. The fourth-order valence-corrected chi connectivity index (χ4v) is 2.40. The fourth-order valence-electron chi connectivity index (χ4n) is 2.40. The first kappa shape index (κ1) is 21.0. The highest BCUT2D eigenvalue weighted by Gasteiger charge is 2.14. The number of aryl methyl sites for hydroxylation is 2. The zero-order valence-corrected chi connectivity index (χ0v) is 16.2. The van der Waals surface area contributed by atoms with Crippen LogP contribution in [0.2, 0.25) is 0 Å². The van der Waals surface area contributed by atoms with E-state index in [0.29, 0.717) is 11.3 Å². The number of carbonyl (C=O) groups is 3. The number of carbonyl (C=O) groups excluding carboxylic acids is 3. The standard InChI is InChI=1S/C21H25N3O4/c1-14-9-10-18(11-15(14)2)28-13-20(26)24-23-19(25)12-16(3)22-21(27)17-7-5-4-6-8-17/h4-11,16H,12-13H2,1-3H3,(H,22,27)(H,23,25)(H,24,26)/t16-/m0/s1. The highest BCUT2D eigenvalue weighted by atomic mass is 16.5. The van der Waals surface area contributed by atoms with Gasteiger partial charge in [0.2, 0.25) is 5.91 Å². The summed E-state index contributed by atoms with van der Waals surface area (Å²) in [5.74, 6) is -0.568. The van der Waals surface area contributed by atoms with Crippen molar-refractivity contribution < 1.29 is 19.1 Å². The Morgan fingerprint density at radius 2 is 1.61 bits per heavy atom. The van der Waals surface area contributed by atoms with E-state index in [2.05, 4.69) is 16.2 Å². The molecule has 7 heteroatoms. The minimum absolute atomic E-state index is 0.0247. The lowest BCUT2D eigenvalue weighted by Crippen LogP contribution is -2.46. The minimum Gasteiger partial charge on any atom is -0.484 e. The van der Waals surface area contributed by atoms with E-state index in [1.54, 1.807) is 37.3 Å². The maximum atomic E-state index is 12.0. The third-order valence-corrected chi connectivity index (χ3v) is 4.09. The molecule has 0 saturated heterocycles. The highest BCUT2D eigenvalue weighted by molar-refractivity contribution is 5.94. The van der Waals surface area contributed by atoms with Crippen molar-refractivity contribution in [2.24, 2.45) is 0 Å². The molecule has 0 aliphatic rings. The van der Waals surface area contributed by atoms with E-state index in [9.17, 15) is 14.4 Å². The SMILES string of the molecule is Cc1ccc(OCC(=O)NNC(=O)C[C@H](C)NC(=O)c2ccccc2)cc1C. The molecule has 0 saturated carbocycles. The van der Waals surface area contributed by atoms with E-state index in [1.807, 2.05) is 32.0 Å². The van der Waals surface area contributed by atoms with Crippen LogP contribution in [0.3, 0.4) is 0 Å². The largest absolute Gasteiger partial charge is 0.484 e. The zero-order chi connectivity index (χ0) is 20.5. The van der Waals surface area contributed by atoms with Gasteiger partial charge in [-0.2, -0.15) is 0 Å². The van der Waals surface area contributed by atoms with E-state index >= 15 is 0 Å². The van der Waals surface area contributed by atoms with Gasteiger partial charge in [0, 0.05) is 18.0 Å². The van der Waals surface area contributed by atoms with E-state index in [-0.39, 0.29) is 18.9 Å². The smallest absolute Gasteiger partial charge is 0.276 e. The van der Waals surface area contributed by atoms with Gasteiger partial charge in [-0.15, -0.1) is 0 Å². The molecule has 3 N–H and O–H groups in total. The van der Waals surface area contributed by atoms with Crippen molar-refractivity contribution >= 4 is 17.7 Å². The predicted molar refractivity (Wildman–Crippen MR) is 106 cm³/mol. The van der Waals surface area contributed by atoms with Crippen LogP contribution in [0.5, 0.6) is 5.75 Å². The summed E-state index contributed by atoms with van der Waals surface area (Å²) < 4.78 is 5.40. The summed E-state index contributed by atoms with van der Waals surface area (Å²) in [7, 11) is 0. The Bertz CT molecular complexity index is 837. The Hall–Kier alpha value is -3.35. The molecule has 0 aliphatic heterocycles. The van der Waals surface area contributed by atoms with Gasteiger partial charge < -0.3 is 10.1 Å². The molecule has 0 aromatic heterocycles. The van der Waals surface area contributed by atoms with Crippen LogP contribution in [-0.4, -0.2) is 30.4 Å². The monoisotopic (exact) mass is 383 g/mol. The van der Waals surface area contributed by atoms with Gasteiger partial charge in [0.15, 0.2) is 6.61 Å². The molecule has 0 fully saturated rings. The Labute approximate surface area is 164 Å². The number of amides is 3. The average Bonchev–Trinajstić information content (AvgIpc) is 2.67. The van der Waals surface area contributed by atoms with E-state index < -0.39 is 17.9 Å². The molecule has 3 amide bonds. The van der Waals surface area contributed by atoms with Gasteiger partial charge in [-0.1, -0.05) is 24.3 Å². The summed E-state index contributed by atoms with van der Waals surface area (Å²) in [5.41, 5.74) is 7.33. The number of ether oxygens (including phenoxy) is 1. The van der Waals surface area contributed by atoms with Crippen molar-refractivity contribution in [1.29, 1.82) is 0 Å². The fraction of sp³-hybridized carbons (Fsp3) is 0.286. The van der Waals surface area contributed by atoms with Crippen molar-refractivity contribution in [1.82, 2.24) is 16.2 Å². The van der Waals surface area contributed by atoms with Gasteiger partial charge in [0.25, 0.3) is 11.8 Å². The topological polar surface area (TPSA) is 96.5 Å². The van der Waals surface area contributed by atoms with Gasteiger partial charge >= 0.3 is 0 Å². The van der Waals surface area contributed by atoms with E-state index in [0.717, 1.165) is 11.1 Å². The number of hydrogen-bond donors (Lipinski definition) is 3. The normalized spacial score (nSPS) is 11.2. The Morgan fingerprint density at radius 1 is 0.929 bits per heavy atom. The predicted octanol–water partition coefficient (Wildman–Crippen LogP) is 2.04. The van der Waals surface area contributed by atoms with Crippen LogP contribution in [0.15, 0.2) is 48.5 Å². The van der Waals surface area contributed by atoms with Gasteiger partial charge in [-0.25, -0.2) is 0 Å². The average molecular weight is 383 g/mol. The molecule has 0 unspecified atom stereocenters. The second-order valence-electron chi connectivity index (χ2n) is 6.58. The molecule has 148 valence electrons. The van der Waals surface area contributed by atoms with Crippen LogP contribution in [-0.2, 0) is 9.59 Å². The molecular formula is C21H25N3O4. The molecule has 1 atom stereocenters.